The molecule has 0 aliphatic heterocycles. The van der Waals surface area contributed by atoms with Crippen LogP contribution in [0.2, 0.25) is 0 Å². The van der Waals surface area contributed by atoms with Gasteiger partial charge in [-0.2, -0.15) is 0 Å². The minimum Gasteiger partial charge on any atom is -0.383 e. The Morgan fingerprint density at radius 3 is 2.83 bits per heavy atom. The highest BCUT2D eigenvalue weighted by Crippen LogP contribution is 2.28. The topological polar surface area (TPSA) is 50.4 Å². The Morgan fingerprint density at radius 1 is 1.56 bits per heavy atom. The fourth-order valence-corrected chi connectivity index (χ4v) is 3.30. The Balaban J connectivity index is 2.42. The Morgan fingerprint density at radius 2 is 2.28 bits per heavy atom. The van der Waals surface area contributed by atoms with Crippen molar-refractivity contribution >= 4 is 33.2 Å². The van der Waals surface area contributed by atoms with Crippen molar-refractivity contribution in [3.8, 4) is 0 Å². The van der Waals surface area contributed by atoms with Gasteiger partial charge in [-0.15, -0.1) is 11.3 Å². The molecule has 0 spiro atoms. The lowest BCUT2D eigenvalue weighted by atomic mass is 10.2. The second-order valence-corrected chi connectivity index (χ2v) is 5.83. The molecule has 1 amide bonds. The van der Waals surface area contributed by atoms with Gasteiger partial charge in [0.2, 0.25) is 5.91 Å². The first-order valence-corrected chi connectivity index (χ1v) is 7.49. The van der Waals surface area contributed by atoms with Crippen molar-refractivity contribution in [3.05, 3.63) is 20.8 Å². The summed E-state index contributed by atoms with van der Waals surface area (Å²) < 4.78 is 5.97. The lowest BCUT2D eigenvalue weighted by molar-refractivity contribution is -0.123. The van der Waals surface area contributed by atoms with Gasteiger partial charge in [0.05, 0.1) is 12.6 Å². The second-order valence-electron chi connectivity index (χ2n) is 4.03. The smallest absolute Gasteiger partial charge is 0.236 e. The average molecular weight is 335 g/mol. The summed E-state index contributed by atoms with van der Waals surface area (Å²) in [7, 11) is 1.62. The van der Waals surface area contributed by atoms with Gasteiger partial charge in [-0.3, -0.25) is 10.1 Å². The van der Waals surface area contributed by atoms with E-state index in [0.29, 0.717) is 13.2 Å². The lowest BCUT2D eigenvalue weighted by Gasteiger charge is -2.19. The molecular formula is C12H19BrN2O2S. The van der Waals surface area contributed by atoms with Gasteiger partial charge in [-0.1, -0.05) is 0 Å². The second kappa shape index (κ2) is 7.89. The Labute approximate surface area is 120 Å². The molecule has 1 rings (SSSR count). The van der Waals surface area contributed by atoms with E-state index in [2.05, 4.69) is 33.5 Å². The van der Waals surface area contributed by atoms with Crippen LogP contribution >= 0.6 is 27.3 Å². The van der Waals surface area contributed by atoms with Crippen molar-refractivity contribution in [1.29, 1.82) is 0 Å². The highest BCUT2D eigenvalue weighted by atomic mass is 79.9. The van der Waals surface area contributed by atoms with Gasteiger partial charge in [0.15, 0.2) is 0 Å². The van der Waals surface area contributed by atoms with Crippen LogP contribution in [0.15, 0.2) is 15.9 Å². The van der Waals surface area contributed by atoms with Gasteiger partial charge in [-0.05, 0) is 41.2 Å². The predicted octanol–water partition coefficient (Wildman–Crippen LogP) is 2.31. The van der Waals surface area contributed by atoms with E-state index in [1.54, 1.807) is 18.4 Å². The van der Waals surface area contributed by atoms with Gasteiger partial charge in [0.25, 0.3) is 0 Å². The highest BCUT2D eigenvalue weighted by molar-refractivity contribution is 9.10. The van der Waals surface area contributed by atoms with Crippen LogP contribution in [0.4, 0.5) is 0 Å². The van der Waals surface area contributed by atoms with E-state index in [-0.39, 0.29) is 18.0 Å². The van der Waals surface area contributed by atoms with Crippen LogP contribution in [0.5, 0.6) is 0 Å². The standard InChI is InChI=1S/C12H19BrN2O2S/c1-8(11-10(13)4-7-18-11)15-9(2)12(16)14-5-6-17-3/h4,7-9,15H,5-6H2,1-3H3,(H,14,16). The van der Waals surface area contributed by atoms with Crippen molar-refractivity contribution in [2.24, 2.45) is 0 Å². The molecule has 0 saturated carbocycles. The van der Waals surface area contributed by atoms with E-state index in [4.69, 9.17) is 4.74 Å². The monoisotopic (exact) mass is 334 g/mol. The maximum absolute atomic E-state index is 11.8. The summed E-state index contributed by atoms with van der Waals surface area (Å²) in [6.45, 7) is 4.98. The van der Waals surface area contributed by atoms with Crippen LogP contribution in [0.3, 0.4) is 0 Å². The van der Waals surface area contributed by atoms with E-state index in [0.717, 1.165) is 4.47 Å². The first-order valence-electron chi connectivity index (χ1n) is 5.81. The van der Waals surface area contributed by atoms with E-state index >= 15 is 0 Å². The number of rotatable bonds is 7. The summed E-state index contributed by atoms with van der Waals surface area (Å²) in [6, 6.07) is 1.93. The first kappa shape index (κ1) is 15.6. The van der Waals surface area contributed by atoms with Crippen molar-refractivity contribution in [3.63, 3.8) is 0 Å². The molecule has 0 fully saturated rings. The van der Waals surface area contributed by atoms with E-state index in [1.165, 1.54) is 4.88 Å². The van der Waals surface area contributed by atoms with Crippen LogP contribution in [0.1, 0.15) is 24.8 Å². The number of halogens is 1. The maximum Gasteiger partial charge on any atom is 0.236 e. The number of nitrogens with one attached hydrogen (secondary N) is 2. The molecule has 18 heavy (non-hydrogen) atoms. The van der Waals surface area contributed by atoms with Gasteiger partial charge in [-0.25, -0.2) is 0 Å². The number of carbonyl (C=O) groups excluding carboxylic acids is 1. The zero-order valence-electron chi connectivity index (χ0n) is 10.8. The molecule has 0 saturated heterocycles. The molecule has 102 valence electrons. The molecule has 2 N–H and O–H groups in total. The zero-order chi connectivity index (χ0) is 13.5. The number of methoxy groups -OCH3 is 1. The Hall–Kier alpha value is -0.430. The molecule has 1 heterocycles. The minimum absolute atomic E-state index is 0.00780. The molecular weight excluding hydrogens is 316 g/mol. The number of amides is 1. The molecule has 2 unspecified atom stereocenters. The third-order valence-corrected chi connectivity index (χ3v) is 4.59. The number of hydrogen-bond acceptors (Lipinski definition) is 4. The van der Waals surface area contributed by atoms with Crippen LogP contribution in [0.25, 0.3) is 0 Å². The SMILES string of the molecule is COCCNC(=O)C(C)NC(C)c1sccc1Br. The molecule has 0 aliphatic rings. The molecule has 0 radical (unpaired) electrons. The third kappa shape index (κ3) is 4.68. The molecule has 0 bridgehead atoms. The largest absolute Gasteiger partial charge is 0.383 e. The predicted molar refractivity (Wildman–Crippen MR) is 77.9 cm³/mol. The summed E-state index contributed by atoms with van der Waals surface area (Å²) in [5.74, 6) is -0.00780. The summed E-state index contributed by atoms with van der Waals surface area (Å²) in [5, 5.41) is 8.12. The van der Waals surface area contributed by atoms with Crippen LogP contribution in [-0.4, -0.2) is 32.2 Å². The third-order valence-electron chi connectivity index (χ3n) is 2.54. The van der Waals surface area contributed by atoms with Crippen molar-refractivity contribution in [2.45, 2.75) is 25.9 Å². The van der Waals surface area contributed by atoms with Gasteiger partial charge >= 0.3 is 0 Å². The molecule has 6 heteroatoms. The summed E-state index contributed by atoms with van der Waals surface area (Å²) in [6.07, 6.45) is 0. The normalized spacial score (nSPS) is 14.2. The number of ether oxygens (including phenoxy) is 1. The fraction of sp³-hybridized carbons (Fsp3) is 0.583. The molecule has 1 aromatic rings. The zero-order valence-corrected chi connectivity index (χ0v) is 13.2. The van der Waals surface area contributed by atoms with Crippen molar-refractivity contribution < 1.29 is 9.53 Å². The van der Waals surface area contributed by atoms with Gasteiger partial charge < -0.3 is 10.1 Å². The summed E-state index contributed by atoms with van der Waals surface area (Å²) in [5.41, 5.74) is 0. The average Bonchev–Trinajstić information content (AvgIpc) is 2.75. The van der Waals surface area contributed by atoms with Crippen LogP contribution < -0.4 is 10.6 Å². The molecule has 2 atom stereocenters. The highest BCUT2D eigenvalue weighted by Gasteiger charge is 2.17. The fourth-order valence-electron chi connectivity index (χ4n) is 1.57. The van der Waals surface area contributed by atoms with Gasteiger partial charge in [0.1, 0.15) is 0 Å². The number of hydrogen-bond donors (Lipinski definition) is 2. The molecule has 4 nitrogen and oxygen atoms in total. The van der Waals surface area contributed by atoms with Crippen LogP contribution in [0, 0.1) is 0 Å². The van der Waals surface area contributed by atoms with Crippen molar-refractivity contribution in [1.82, 2.24) is 10.6 Å². The summed E-state index contributed by atoms with van der Waals surface area (Å²) in [4.78, 5) is 13.0. The molecule has 0 aliphatic carbocycles. The maximum atomic E-state index is 11.8. The summed E-state index contributed by atoms with van der Waals surface area (Å²) >= 11 is 5.17. The first-order chi connectivity index (χ1) is 8.56. The van der Waals surface area contributed by atoms with E-state index in [9.17, 15) is 4.79 Å². The number of thiophene rings is 1. The van der Waals surface area contributed by atoms with Gasteiger partial charge in [0, 0.05) is 29.0 Å². The lowest BCUT2D eigenvalue weighted by Crippen LogP contribution is -2.43. The Bertz CT molecular complexity index is 384. The minimum atomic E-state index is -0.231. The molecule has 1 aromatic heterocycles. The van der Waals surface area contributed by atoms with E-state index < -0.39 is 0 Å². The van der Waals surface area contributed by atoms with Crippen LogP contribution in [-0.2, 0) is 9.53 Å². The van der Waals surface area contributed by atoms with Crippen molar-refractivity contribution in [2.75, 3.05) is 20.3 Å². The van der Waals surface area contributed by atoms with E-state index in [1.807, 2.05) is 18.4 Å². The number of carbonyl (C=O) groups is 1. The quantitative estimate of drug-likeness (QED) is 0.752. The molecule has 0 aromatic carbocycles. The Kier molecular flexibility index (Phi) is 6.85.